The molecule has 0 fully saturated rings. The van der Waals surface area contributed by atoms with E-state index in [9.17, 15) is 14.7 Å². The van der Waals surface area contributed by atoms with Crippen LogP contribution in [0.25, 0.3) is 0 Å². The summed E-state index contributed by atoms with van der Waals surface area (Å²) >= 11 is 0. The van der Waals surface area contributed by atoms with Crippen LogP contribution in [0.4, 0.5) is 5.69 Å². The molecule has 22 heavy (non-hydrogen) atoms. The van der Waals surface area contributed by atoms with Gasteiger partial charge in [0.1, 0.15) is 0 Å². The van der Waals surface area contributed by atoms with Crippen LogP contribution in [0.1, 0.15) is 31.4 Å². The second kappa shape index (κ2) is 6.92. The summed E-state index contributed by atoms with van der Waals surface area (Å²) in [5.74, 6) is -0.953. The van der Waals surface area contributed by atoms with E-state index in [1.165, 1.54) is 0 Å². The maximum atomic E-state index is 12.3. The van der Waals surface area contributed by atoms with Crippen molar-refractivity contribution in [2.75, 3.05) is 18.0 Å². The van der Waals surface area contributed by atoms with E-state index < -0.39 is 17.9 Å². The molecule has 0 aliphatic carbocycles. The van der Waals surface area contributed by atoms with Crippen LogP contribution in [0.5, 0.6) is 0 Å². The van der Waals surface area contributed by atoms with E-state index in [1.54, 1.807) is 11.8 Å². The normalized spacial score (nSPS) is 16.1. The molecule has 1 heterocycles. The van der Waals surface area contributed by atoms with Crippen molar-refractivity contribution in [1.82, 2.24) is 5.32 Å². The molecule has 0 radical (unpaired) electrons. The minimum absolute atomic E-state index is 0.129. The molecule has 5 heteroatoms. The summed E-state index contributed by atoms with van der Waals surface area (Å²) in [6, 6.07) is 5.98. The number of nitrogens with one attached hydrogen (secondary N) is 1. The lowest BCUT2D eigenvalue weighted by atomic mass is 10.0. The molecule has 0 saturated carbocycles. The Morgan fingerprint density at radius 1 is 1.36 bits per heavy atom. The molecular formula is C17H24N2O3. The van der Waals surface area contributed by atoms with Crippen molar-refractivity contribution in [3.05, 3.63) is 29.3 Å². The van der Waals surface area contributed by atoms with Gasteiger partial charge in [0, 0.05) is 18.8 Å². The quantitative estimate of drug-likeness (QED) is 0.826. The largest absolute Gasteiger partial charge is 0.393 e. The molecular weight excluding hydrogens is 280 g/mol. The first-order valence-electron chi connectivity index (χ1n) is 7.75. The van der Waals surface area contributed by atoms with Gasteiger partial charge in [-0.1, -0.05) is 19.1 Å². The van der Waals surface area contributed by atoms with Crippen molar-refractivity contribution >= 4 is 17.5 Å². The number of anilines is 1. The molecule has 5 nitrogen and oxygen atoms in total. The summed E-state index contributed by atoms with van der Waals surface area (Å²) in [5, 5.41) is 12.0. The summed E-state index contributed by atoms with van der Waals surface area (Å²) < 4.78 is 0. The van der Waals surface area contributed by atoms with Gasteiger partial charge in [0.25, 0.3) is 0 Å². The number of aryl methyl sites for hydroxylation is 1. The number of carbonyl (C=O) groups is 2. The van der Waals surface area contributed by atoms with Crippen molar-refractivity contribution in [3.8, 4) is 0 Å². The molecule has 120 valence electrons. The average Bonchev–Trinajstić information content (AvgIpc) is 2.86. The van der Waals surface area contributed by atoms with E-state index in [0.29, 0.717) is 19.5 Å². The third-order valence-corrected chi connectivity index (χ3v) is 3.93. The fourth-order valence-corrected chi connectivity index (χ4v) is 2.83. The van der Waals surface area contributed by atoms with E-state index in [4.69, 9.17) is 0 Å². The first-order valence-corrected chi connectivity index (χ1v) is 7.75. The minimum Gasteiger partial charge on any atom is -0.393 e. The number of carbonyl (C=O) groups excluding carboxylic acids is 2. The highest BCUT2D eigenvalue weighted by Crippen LogP contribution is 2.28. The zero-order valence-electron chi connectivity index (χ0n) is 13.4. The van der Waals surface area contributed by atoms with Crippen molar-refractivity contribution in [3.63, 3.8) is 0 Å². The number of benzene rings is 1. The molecule has 1 aliphatic rings. The molecule has 2 atom stereocenters. The van der Waals surface area contributed by atoms with E-state index >= 15 is 0 Å². The maximum Gasteiger partial charge on any atom is 0.316 e. The Bertz CT molecular complexity index is 569. The van der Waals surface area contributed by atoms with Crippen molar-refractivity contribution < 1.29 is 14.7 Å². The molecule has 2 rings (SSSR count). The Labute approximate surface area is 131 Å². The molecule has 1 aromatic rings. The highest BCUT2D eigenvalue weighted by Gasteiger charge is 2.29. The molecule has 2 amide bonds. The first kappa shape index (κ1) is 16.5. The third-order valence-electron chi connectivity index (χ3n) is 3.93. The van der Waals surface area contributed by atoms with Crippen LogP contribution in [-0.2, 0) is 16.0 Å². The molecule has 1 aliphatic heterocycles. The molecule has 0 bridgehead atoms. The number of rotatable bonds is 4. The van der Waals surface area contributed by atoms with Gasteiger partial charge in [-0.25, -0.2) is 0 Å². The molecule has 0 spiro atoms. The summed E-state index contributed by atoms with van der Waals surface area (Å²) in [4.78, 5) is 25.9. The van der Waals surface area contributed by atoms with Gasteiger partial charge in [-0.3, -0.25) is 9.59 Å². The average molecular weight is 304 g/mol. The van der Waals surface area contributed by atoms with Crippen LogP contribution in [0.2, 0.25) is 0 Å². The summed E-state index contributed by atoms with van der Waals surface area (Å²) in [6.07, 6.45) is 0.976. The predicted molar refractivity (Wildman–Crippen MR) is 85.7 cm³/mol. The van der Waals surface area contributed by atoms with Crippen LogP contribution >= 0.6 is 0 Å². The molecule has 0 aromatic heterocycles. The van der Waals surface area contributed by atoms with Gasteiger partial charge in [0.05, 0.1) is 6.10 Å². The van der Waals surface area contributed by atoms with Crippen molar-refractivity contribution in [2.24, 2.45) is 5.92 Å². The SMILES string of the molecule is Cc1ccc2c(c1)N(C(=O)C(=O)NCC(C)CC(C)O)CC2. The van der Waals surface area contributed by atoms with Gasteiger partial charge in [-0.15, -0.1) is 0 Å². The zero-order chi connectivity index (χ0) is 16.3. The molecule has 2 unspecified atom stereocenters. The molecule has 2 N–H and O–H groups in total. The van der Waals surface area contributed by atoms with Gasteiger partial charge in [0.2, 0.25) is 0 Å². The number of nitrogens with zero attached hydrogens (tertiary/aromatic N) is 1. The van der Waals surface area contributed by atoms with E-state index in [2.05, 4.69) is 5.32 Å². The van der Waals surface area contributed by atoms with Crippen LogP contribution in [0.3, 0.4) is 0 Å². The Morgan fingerprint density at radius 2 is 2.09 bits per heavy atom. The number of hydrogen-bond acceptors (Lipinski definition) is 3. The number of aliphatic hydroxyl groups is 1. The highest BCUT2D eigenvalue weighted by atomic mass is 16.3. The van der Waals surface area contributed by atoms with E-state index in [1.807, 2.05) is 32.0 Å². The molecule has 0 saturated heterocycles. The predicted octanol–water partition coefficient (Wildman–Crippen LogP) is 1.41. The number of hydrogen-bond donors (Lipinski definition) is 2. The fraction of sp³-hybridized carbons (Fsp3) is 0.529. The Balaban J connectivity index is 1.96. The standard InChI is InChI=1S/C17H24N2O3/c1-11-4-5-14-6-7-19(15(14)9-11)17(22)16(21)18-10-12(2)8-13(3)20/h4-5,9,12-13,20H,6-8,10H2,1-3H3,(H,18,21). The van der Waals surface area contributed by atoms with Crippen LogP contribution in [0.15, 0.2) is 18.2 Å². The fourth-order valence-electron chi connectivity index (χ4n) is 2.83. The Morgan fingerprint density at radius 3 is 2.77 bits per heavy atom. The van der Waals surface area contributed by atoms with E-state index in [0.717, 1.165) is 23.2 Å². The lowest BCUT2D eigenvalue weighted by Gasteiger charge is -2.18. The summed E-state index contributed by atoms with van der Waals surface area (Å²) in [7, 11) is 0. The second-order valence-corrected chi connectivity index (χ2v) is 6.24. The van der Waals surface area contributed by atoms with Crippen LogP contribution < -0.4 is 10.2 Å². The topological polar surface area (TPSA) is 69.6 Å². The summed E-state index contributed by atoms with van der Waals surface area (Å²) in [6.45, 7) is 6.57. The number of amides is 2. The monoisotopic (exact) mass is 304 g/mol. The minimum atomic E-state index is -0.577. The third kappa shape index (κ3) is 3.85. The first-order chi connectivity index (χ1) is 10.4. The van der Waals surface area contributed by atoms with Gasteiger partial charge in [-0.05, 0) is 49.8 Å². The zero-order valence-corrected chi connectivity index (χ0v) is 13.4. The van der Waals surface area contributed by atoms with Gasteiger partial charge in [0.15, 0.2) is 0 Å². The Kier molecular flexibility index (Phi) is 5.19. The van der Waals surface area contributed by atoms with Crippen LogP contribution in [-0.4, -0.2) is 36.1 Å². The summed E-state index contributed by atoms with van der Waals surface area (Å²) in [5.41, 5.74) is 3.02. The smallest absolute Gasteiger partial charge is 0.316 e. The molecule has 1 aromatic carbocycles. The van der Waals surface area contributed by atoms with Crippen LogP contribution in [0, 0.1) is 12.8 Å². The van der Waals surface area contributed by atoms with Gasteiger partial charge in [-0.2, -0.15) is 0 Å². The Hall–Kier alpha value is -1.88. The lowest BCUT2D eigenvalue weighted by molar-refractivity contribution is -0.137. The van der Waals surface area contributed by atoms with Crippen molar-refractivity contribution in [2.45, 2.75) is 39.7 Å². The van der Waals surface area contributed by atoms with Gasteiger partial charge >= 0.3 is 11.8 Å². The van der Waals surface area contributed by atoms with E-state index in [-0.39, 0.29) is 5.92 Å². The second-order valence-electron chi connectivity index (χ2n) is 6.24. The number of aliphatic hydroxyl groups excluding tert-OH is 1. The number of fused-ring (bicyclic) bond motifs is 1. The highest BCUT2D eigenvalue weighted by molar-refractivity contribution is 6.40. The van der Waals surface area contributed by atoms with Crippen molar-refractivity contribution in [1.29, 1.82) is 0 Å². The van der Waals surface area contributed by atoms with Gasteiger partial charge < -0.3 is 15.3 Å². The lowest BCUT2D eigenvalue weighted by Crippen LogP contribution is -2.43. The maximum absolute atomic E-state index is 12.3.